The molecule has 0 atom stereocenters. The van der Waals surface area contributed by atoms with Crippen molar-refractivity contribution in [2.45, 2.75) is 52.5 Å². The highest BCUT2D eigenvalue weighted by atomic mass is 16.1. The van der Waals surface area contributed by atoms with Crippen LogP contribution in [-0.4, -0.2) is 18.0 Å². The lowest BCUT2D eigenvalue weighted by molar-refractivity contribution is -0.118. The molecule has 4 nitrogen and oxygen atoms in total. The zero-order chi connectivity index (χ0) is 13.3. The second-order valence-corrected chi connectivity index (χ2v) is 5.04. The number of hydrogen-bond donors (Lipinski definition) is 2. The normalized spacial score (nSPS) is 11.8. The van der Waals surface area contributed by atoms with E-state index >= 15 is 0 Å². The van der Waals surface area contributed by atoms with Crippen molar-refractivity contribution < 1.29 is 4.79 Å². The maximum atomic E-state index is 11.7. The highest BCUT2D eigenvalue weighted by Gasteiger charge is 2.16. The van der Waals surface area contributed by atoms with E-state index in [-0.39, 0.29) is 17.0 Å². The molecule has 2 N–H and O–H groups in total. The van der Waals surface area contributed by atoms with Gasteiger partial charge in [0, 0.05) is 18.3 Å². The van der Waals surface area contributed by atoms with Crippen molar-refractivity contribution in [3.8, 4) is 6.07 Å². The summed E-state index contributed by atoms with van der Waals surface area (Å²) in [6.45, 7) is 8.58. The molecule has 0 heterocycles. The molecule has 0 aromatic heterocycles. The summed E-state index contributed by atoms with van der Waals surface area (Å²) in [5, 5.41) is 14.6. The second-order valence-electron chi connectivity index (χ2n) is 5.04. The van der Waals surface area contributed by atoms with E-state index in [0.717, 1.165) is 25.8 Å². The van der Waals surface area contributed by atoms with Crippen molar-refractivity contribution in [2.24, 2.45) is 0 Å². The molecule has 1 amide bonds. The molecule has 0 bridgehead atoms. The van der Waals surface area contributed by atoms with Gasteiger partial charge in [0.2, 0.25) is 0 Å². The molecule has 0 aromatic carbocycles. The zero-order valence-corrected chi connectivity index (χ0v) is 11.3. The fourth-order valence-corrected chi connectivity index (χ4v) is 1.21. The molecule has 4 heteroatoms. The molecule has 17 heavy (non-hydrogen) atoms. The molecule has 0 unspecified atom stereocenters. The first-order valence-corrected chi connectivity index (χ1v) is 6.07. The third-order valence-corrected chi connectivity index (χ3v) is 2.02. The van der Waals surface area contributed by atoms with E-state index in [1.807, 2.05) is 26.8 Å². The molecular weight excluding hydrogens is 214 g/mol. The van der Waals surface area contributed by atoms with E-state index in [0.29, 0.717) is 0 Å². The van der Waals surface area contributed by atoms with Crippen molar-refractivity contribution in [3.05, 3.63) is 11.8 Å². The monoisotopic (exact) mass is 237 g/mol. The Balaban J connectivity index is 4.18. The zero-order valence-electron chi connectivity index (χ0n) is 11.3. The van der Waals surface area contributed by atoms with Crippen LogP contribution in [0, 0.1) is 11.3 Å². The van der Waals surface area contributed by atoms with Gasteiger partial charge >= 0.3 is 0 Å². The van der Waals surface area contributed by atoms with Crippen LogP contribution in [0.2, 0.25) is 0 Å². The standard InChI is InChI=1S/C13H23N3O/c1-5-6-7-8-15-10-11(9-14)12(17)16-13(2,3)4/h10,15H,5-8H2,1-4H3,(H,16,17)/b11-10-. The lowest BCUT2D eigenvalue weighted by atomic mass is 10.1. The number of rotatable bonds is 6. The van der Waals surface area contributed by atoms with Crippen molar-refractivity contribution in [3.63, 3.8) is 0 Å². The third kappa shape index (κ3) is 8.32. The predicted molar refractivity (Wildman–Crippen MR) is 69.1 cm³/mol. The van der Waals surface area contributed by atoms with Crippen LogP contribution in [0.1, 0.15) is 47.0 Å². The molecule has 0 spiro atoms. The minimum Gasteiger partial charge on any atom is -0.390 e. The summed E-state index contributed by atoms with van der Waals surface area (Å²) in [5.74, 6) is -0.331. The summed E-state index contributed by atoms with van der Waals surface area (Å²) in [6, 6.07) is 1.90. The molecule has 0 aliphatic carbocycles. The van der Waals surface area contributed by atoms with Gasteiger partial charge in [-0.05, 0) is 27.2 Å². The molecule has 0 saturated carbocycles. The Morgan fingerprint density at radius 2 is 2.00 bits per heavy atom. The molecule has 0 fully saturated rings. The van der Waals surface area contributed by atoms with Crippen LogP contribution < -0.4 is 10.6 Å². The Morgan fingerprint density at radius 3 is 2.47 bits per heavy atom. The van der Waals surface area contributed by atoms with Crippen molar-refractivity contribution in [1.82, 2.24) is 10.6 Å². The fraction of sp³-hybridized carbons (Fsp3) is 0.692. The van der Waals surface area contributed by atoms with E-state index in [1.54, 1.807) is 0 Å². The van der Waals surface area contributed by atoms with Gasteiger partial charge in [0.15, 0.2) is 0 Å². The maximum absolute atomic E-state index is 11.7. The topological polar surface area (TPSA) is 64.9 Å². The molecule has 0 aromatic rings. The minimum atomic E-state index is -0.331. The first-order chi connectivity index (χ1) is 7.90. The average molecular weight is 237 g/mol. The number of carbonyl (C=O) groups is 1. The van der Waals surface area contributed by atoms with Gasteiger partial charge < -0.3 is 10.6 Å². The summed E-state index contributed by atoms with van der Waals surface area (Å²) in [7, 11) is 0. The summed E-state index contributed by atoms with van der Waals surface area (Å²) in [6.07, 6.45) is 4.85. The Hall–Kier alpha value is -1.50. The Bertz CT molecular complexity index is 308. The quantitative estimate of drug-likeness (QED) is 0.422. The fourth-order valence-electron chi connectivity index (χ4n) is 1.21. The van der Waals surface area contributed by atoms with Gasteiger partial charge in [-0.3, -0.25) is 4.79 Å². The van der Waals surface area contributed by atoms with Crippen molar-refractivity contribution in [2.75, 3.05) is 6.54 Å². The van der Waals surface area contributed by atoms with E-state index in [4.69, 9.17) is 5.26 Å². The van der Waals surface area contributed by atoms with Crippen LogP contribution in [0.25, 0.3) is 0 Å². The van der Waals surface area contributed by atoms with Crippen LogP contribution in [0.3, 0.4) is 0 Å². The van der Waals surface area contributed by atoms with Crippen LogP contribution in [0.15, 0.2) is 11.8 Å². The van der Waals surface area contributed by atoms with Gasteiger partial charge in [-0.1, -0.05) is 19.8 Å². The van der Waals surface area contributed by atoms with E-state index in [2.05, 4.69) is 17.6 Å². The Morgan fingerprint density at radius 1 is 1.35 bits per heavy atom. The summed E-state index contributed by atoms with van der Waals surface area (Å²) in [5.41, 5.74) is -0.202. The van der Waals surface area contributed by atoms with Gasteiger partial charge in [-0.15, -0.1) is 0 Å². The van der Waals surface area contributed by atoms with E-state index in [1.165, 1.54) is 6.20 Å². The number of unbranched alkanes of at least 4 members (excludes halogenated alkanes) is 2. The van der Waals surface area contributed by atoms with Crippen molar-refractivity contribution >= 4 is 5.91 Å². The summed E-state index contributed by atoms with van der Waals surface area (Å²) < 4.78 is 0. The first-order valence-electron chi connectivity index (χ1n) is 6.07. The second kappa shape index (κ2) is 7.72. The molecule has 0 aliphatic heterocycles. The number of carbonyl (C=O) groups excluding carboxylic acids is 1. The smallest absolute Gasteiger partial charge is 0.263 e. The van der Waals surface area contributed by atoms with Gasteiger partial charge in [0.1, 0.15) is 11.6 Å². The van der Waals surface area contributed by atoms with E-state index in [9.17, 15) is 4.79 Å². The van der Waals surface area contributed by atoms with Gasteiger partial charge in [0.25, 0.3) is 5.91 Å². The lowest BCUT2D eigenvalue weighted by Gasteiger charge is -2.20. The SMILES string of the molecule is CCCCCN/C=C(/C#N)C(=O)NC(C)(C)C. The largest absolute Gasteiger partial charge is 0.390 e. The van der Waals surface area contributed by atoms with Gasteiger partial charge in [-0.2, -0.15) is 5.26 Å². The minimum absolute atomic E-state index is 0.122. The van der Waals surface area contributed by atoms with E-state index < -0.39 is 0 Å². The number of nitrogens with zero attached hydrogens (tertiary/aromatic N) is 1. The van der Waals surface area contributed by atoms with Gasteiger partial charge in [-0.25, -0.2) is 0 Å². The number of nitrogens with one attached hydrogen (secondary N) is 2. The third-order valence-electron chi connectivity index (χ3n) is 2.02. The number of amides is 1. The molecule has 0 aliphatic rings. The van der Waals surface area contributed by atoms with Gasteiger partial charge in [0.05, 0.1) is 0 Å². The summed E-state index contributed by atoms with van der Waals surface area (Å²) >= 11 is 0. The first kappa shape index (κ1) is 15.5. The van der Waals surface area contributed by atoms with Crippen molar-refractivity contribution in [1.29, 1.82) is 5.26 Å². The van der Waals surface area contributed by atoms with Crippen LogP contribution >= 0.6 is 0 Å². The molecule has 0 radical (unpaired) electrons. The molecule has 0 saturated heterocycles. The average Bonchev–Trinajstić information content (AvgIpc) is 2.20. The summed E-state index contributed by atoms with van der Waals surface area (Å²) in [4.78, 5) is 11.7. The molecule has 96 valence electrons. The maximum Gasteiger partial charge on any atom is 0.263 e. The Kier molecular flexibility index (Phi) is 7.04. The number of hydrogen-bond acceptors (Lipinski definition) is 3. The molecular formula is C13H23N3O. The Labute approximate surface area is 104 Å². The molecule has 0 rings (SSSR count). The predicted octanol–water partition coefficient (Wildman–Crippen LogP) is 2.09. The van der Waals surface area contributed by atoms with Crippen LogP contribution in [0.4, 0.5) is 0 Å². The highest BCUT2D eigenvalue weighted by Crippen LogP contribution is 2.01. The van der Waals surface area contributed by atoms with Crippen LogP contribution in [0.5, 0.6) is 0 Å². The highest BCUT2D eigenvalue weighted by molar-refractivity contribution is 5.97. The number of nitriles is 1. The van der Waals surface area contributed by atoms with Crippen LogP contribution in [-0.2, 0) is 4.79 Å². The lowest BCUT2D eigenvalue weighted by Crippen LogP contribution is -2.41.